The predicted octanol–water partition coefficient (Wildman–Crippen LogP) is 4.54. The molecular weight excluding hydrogens is 450 g/mol. The third-order valence-electron chi connectivity index (χ3n) is 7.57. The molecule has 2 aliphatic rings. The van der Waals surface area contributed by atoms with E-state index in [0.717, 1.165) is 61.1 Å². The Morgan fingerprint density at radius 1 is 1.08 bits per heavy atom. The molecule has 8 heteroatoms. The number of allylic oxidation sites excluding steroid dienone is 2. The van der Waals surface area contributed by atoms with Crippen LogP contribution in [0.4, 0.5) is 0 Å². The number of fused-ring (bicyclic) bond motifs is 1. The van der Waals surface area contributed by atoms with Crippen LogP contribution < -0.4 is 0 Å². The van der Waals surface area contributed by atoms with Gasteiger partial charge in [0.15, 0.2) is 0 Å². The van der Waals surface area contributed by atoms with E-state index in [1.54, 1.807) is 4.68 Å². The van der Waals surface area contributed by atoms with E-state index in [-0.39, 0.29) is 5.91 Å². The van der Waals surface area contributed by atoms with Crippen LogP contribution in [0.15, 0.2) is 54.7 Å². The maximum absolute atomic E-state index is 13.0. The molecule has 0 spiro atoms. The van der Waals surface area contributed by atoms with Crippen molar-refractivity contribution in [2.24, 2.45) is 0 Å². The van der Waals surface area contributed by atoms with Gasteiger partial charge in [-0.25, -0.2) is 4.68 Å². The van der Waals surface area contributed by atoms with Crippen molar-refractivity contribution in [3.8, 4) is 17.1 Å². The van der Waals surface area contributed by atoms with Crippen molar-refractivity contribution in [1.29, 1.82) is 0 Å². The molecule has 0 saturated carbocycles. The van der Waals surface area contributed by atoms with E-state index in [2.05, 4.69) is 63.8 Å². The van der Waals surface area contributed by atoms with E-state index in [9.17, 15) is 4.79 Å². The second-order valence-corrected chi connectivity index (χ2v) is 10.0. The number of hydrogen-bond acceptors (Lipinski definition) is 5. The van der Waals surface area contributed by atoms with E-state index in [1.807, 2.05) is 35.4 Å². The molecule has 0 radical (unpaired) electrons. The van der Waals surface area contributed by atoms with Crippen molar-refractivity contribution in [1.82, 2.24) is 35.0 Å². The molecule has 3 heterocycles. The molecule has 8 nitrogen and oxygen atoms in total. The van der Waals surface area contributed by atoms with E-state index >= 15 is 0 Å². The molecule has 1 saturated heterocycles. The summed E-state index contributed by atoms with van der Waals surface area (Å²) >= 11 is 0. The summed E-state index contributed by atoms with van der Waals surface area (Å²) in [5, 5.41) is 17.4. The molecule has 6 rings (SSSR count). The summed E-state index contributed by atoms with van der Waals surface area (Å²) in [7, 11) is 4.22. The Balaban J connectivity index is 1.20. The molecule has 1 amide bonds. The number of piperidine rings is 1. The smallest absolute Gasteiger partial charge is 0.253 e. The lowest BCUT2D eigenvalue weighted by molar-refractivity contribution is 0.0663. The molecule has 0 atom stereocenters. The minimum atomic E-state index is 0.0919. The minimum absolute atomic E-state index is 0.0919. The van der Waals surface area contributed by atoms with Gasteiger partial charge in [0.1, 0.15) is 11.4 Å². The zero-order chi connectivity index (χ0) is 24.6. The van der Waals surface area contributed by atoms with Gasteiger partial charge in [-0.2, -0.15) is 5.10 Å². The molecule has 36 heavy (non-hydrogen) atoms. The summed E-state index contributed by atoms with van der Waals surface area (Å²) in [6.07, 6.45) is 9.75. The van der Waals surface area contributed by atoms with Gasteiger partial charge >= 0.3 is 0 Å². The Kier molecular flexibility index (Phi) is 5.89. The van der Waals surface area contributed by atoms with Gasteiger partial charge in [-0.3, -0.25) is 9.89 Å². The molecule has 1 aliphatic heterocycles. The number of hydrogen-bond donors (Lipinski definition) is 1. The SMILES string of the molecule is CN(C)C1CCN(C(=O)c2ccc(-n3cc(-c4n[nH]c5ccc(C6=CCCC6)cc45)nn3)cc2)CC1. The van der Waals surface area contributed by atoms with E-state index in [0.29, 0.717) is 17.3 Å². The molecule has 0 bridgehead atoms. The first kappa shape index (κ1) is 22.7. The average Bonchev–Trinajstić information content (AvgIpc) is 3.69. The summed E-state index contributed by atoms with van der Waals surface area (Å²) in [4.78, 5) is 17.2. The number of aromatic nitrogens is 5. The number of nitrogens with zero attached hydrogens (tertiary/aromatic N) is 6. The molecule has 1 N–H and O–H groups in total. The molecule has 1 fully saturated rings. The highest BCUT2D eigenvalue weighted by Crippen LogP contribution is 2.32. The number of benzene rings is 2. The highest BCUT2D eigenvalue weighted by atomic mass is 16.2. The monoisotopic (exact) mass is 481 g/mol. The third-order valence-corrected chi connectivity index (χ3v) is 7.57. The van der Waals surface area contributed by atoms with Crippen molar-refractivity contribution in [2.75, 3.05) is 27.2 Å². The first-order chi connectivity index (χ1) is 17.6. The van der Waals surface area contributed by atoms with Crippen molar-refractivity contribution in [3.05, 3.63) is 65.9 Å². The second-order valence-electron chi connectivity index (χ2n) is 10.0. The number of likely N-dealkylation sites (tertiary alicyclic amines) is 1. The highest BCUT2D eigenvalue weighted by Gasteiger charge is 2.24. The lowest BCUT2D eigenvalue weighted by Gasteiger charge is -2.35. The lowest BCUT2D eigenvalue weighted by Crippen LogP contribution is -2.44. The fourth-order valence-corrected chi connectivity index (χ4v) is 5.37. The van der Waals surface area contributed by atoms with Crippen molar-refractivity contribution in [2.45, 2.75) is 38.1 Å². The van der Waals surface area contributed by atoms with Crippen LogP contribution in [0.25, 0.3) is 33.6 Å². The standard InChI is InChI=1S/C28H31N7O/c1-33(2)22-13-15-34(16-14-22)28(36)20-7-10-23(11-8-20)35-18-26(30-32-35)27-24-17-21(19-5-3-4-6-19)9-12-25(24)29-31-27/h5,7-12,17-18,22H,3-4,6,13-16H2,1-2H3,(H,29,31). The Labute approximate surface area is 210 Å². The molecular formula is C28H31N7O. The average molecular weight is 482 g/mol. The van der Waals surface area contributed by atoms with Crippen LogP contribution in [0.2, 0.25) is 0 Å². The summed E-state index contributed by atoms with van der Waals surface area (Å²) in [5.41, 5.74) is 6.71. The van der Waals surface area contributed by atoms with E-state index in [1.165, 1.54) is 17.6 Å². The number of nitrogens with one attached hydrogen (secondary N) is 1. The van der Waals surface area contributed by atoms with Crippen LogP contribution in [0, 0.1) is 0 Å². The predicted molar refractivity (Wildman–Crippen MR) is 141 cm³/mol. The lowest BCUT2D eigenvalue weighted by atomic mass is 10.0. The van der Waals surface area contributed by atoms with Crippen molar-refractivity contribution < 1.29 is 4.79 Å². The zero-order valence-corrected chi connectivity index (χ0v) is 20.8. The number of carbonyl (C=O) groups excluding carboxylic acids is 1. The highest BCUT2D eigenvalue weighted by molar-refractivity contribution is 5.95. The van der Waals surface area contributed by atoms with Crippen LogP contribution in [0.1, 0.15) is 48.0 Å². The van der Waals surface area contributed by atoms with Gasteiger partial charge in [-0.1, -0.05) is 17.4 Å². The minimum Gasteiger partial charge on any atom is -0.339 e. The summed E-state index contributed by atoms with van der Waals surface area (Å²) in [6, 6.07) is 14.6. The van der Waals surface area contributed by atoms with Crippen LogP contribution in [0.3, 0.4) is 0 Å². The molecule has 4 aromatic rings. The van der Waals surface area contributed by atoms with E-state index < -0.39 is 0 Å². The molecule has 1 aliphatic carbocycles. The van der Waals surface area contributed by atoms with Gasteiger partial charge in [0, 0.05) is 30.1 Å². The quantitative estimate of drug-likeness (QED) is 0.452. The Morgan fingerprint density at radius 2 is 1.89 bits per heavy atom. The molecule has 0 unspecified atom stereocenters. The summed E-state index contributed by atoms with van der Waals surface area (Å²) in [6.45, 7) is 1.60. The maximum Gasteiger partial charge on any atom is 0.253 e. The number of amides is 1. The van der Waals surface area contributed by atoms with Gasteiger partial charge in [0.25, 0.3) is 5.91 Å². The maximum atomic E-state index is 13.0. The van der Waals surface area contributed by atoms with Crippen molar-refractivity contribution >= 4 is 22.4 Å². The first-order valence-electron chi connectivity index (χ1n) is 12.7. The number of carbonyl (C=O) groups is 1. The van der Waals surface area contributed by atoms with Gasteiger partial charge < -0.3 is 9.80 Å². The summed E-state index contributed by atoms with van der Waals surface area (Å²) in [5.74, 6) is 0.0919. The number of H-pyrrole nitrogens is 1. The van der Waals surface area contributed by atoms with Crippen LogP contribution in [0.5, 0.6) is 0 Å². The second kappa shape index (κ2) is 9.35. The fourth-order valence-electron chi connectivity index (χ4n) is 5.37. The summed E-state index contributed by atoms with van der Waals surface area (Å²) < 4.78 is 1.73. The van der Waals surface area contributed by atoms with Crippen LogP contribution in [-0.4, -0.2) is 74.1 Å². The van der Waals surface area contributed by atoms with Crippen LogP contribution >= 0.6 is 0 Å². The Hall–Kier alpha value is -3.78. The fraction of sp³-hybridized carbons (Fsp3) is 0.357. The number of rotatable bonds is 5. The normalized spacial score (nSPS) is 16.8. The van der Waals surface area contributed by atoms with E-state index in [4.69, 9.17) is 0 Å². The van der Waals surface area contributed by atoms with Crippen LogP contribution in [-0.2, 0) is 0 Å². The number of aromatic amines is 1. The van der Waals surface area contributed by atoms with Gasteiger partial charge in [0.2, 0.25) is 0 Å². The Morgan fingerprint density at radius 3 is 2.61 bits per heavy atom. The molecule has 2 aromatic heterocycles. The van der Waals surface area contributed by atoms with Gasteiger partial charge in [0.05, 0.1) is 17.4 Å². The van der Waals surface area contributed by atoms with Gasteiger partial charge in [-0.15, -0.1) is 5.10 Å². The zero-order valence-electron chi connectivity index (χ0n) is 20.8. The third kappa shape index (κ3) is 4.22. The first-order valence-corrected chi connectivity index (χ1v) is 12.7. The Bertz CT molecular complexity index is 1420. The topological polar surface area (TPSA) is 82.9 Å². The van der Waals surface area contributed by atoms with Gasteiger partial charge in [-0.05, 0) is 93.7 Å². The molecule has 2 aromatic carbocycles. The molecule has 184 valence electrons. The van der Waals surface area contributed by atoms with Crippen molar-refractivity contribution in [3.63, 3.8) is 0 Å². The largest absolute Gasteiger partial charge is 0.339 e.